The Morgan fingerprint density at radius 2 is 2.00 bits per heavy atom. The second-order valence-corrected chi connectivity index (χ2v) is 4.24. The number of carbonyl (C=O) groups is 1. The van der Waals surface area contributed by atoms with Gasteiger partial charge >= 0.3 is 5.97 Å². The molecule has 1 aliphatic rings. The van der Waals surface area contributed by atoms with Crippen LogP contribution in [0, 0.1) is 0 Å². The Morgan fingerprint density at radius 3 is 2.47 bits per heavy atom. The van der Waals surface area contributed by atoms with Gasteiger partial charge < -0.3 is 15.2 Å². The van der Waals surface area contributed by atoms with E-state index in [1.807, 2.05) is 0 Å². The summed E-state index contributed by atoms with van der Waals surface area (Å²) in [6, 6.07) is 7.06. The van der Waals surface area contributed by atoms with Crippen LogP contribution in [0.5, 0.6) is 5.75 Å². The minimum absolute atomic E-state index is 0.261. The molecule has 2 N–H and O–H groups in total. The number of anilines is 1. The maximum absolute atomic E-state index is 11.8. The average molecular weight is 235 g/mol. The van der Waals surface area contributed by atoms with Gasteiger partial charge in [-0.2, -0.15) is 0 Å². The van der Waals surface area contributed by atoms with Crippen molar-refractivity contribution in [3.63, 3.8) is 0 Å². The summed E-state index contributed by atoms with van der Waals surface area (Å²) in [6.07, 6.45) is 2.43. The summed E-state index contributed by atoms with van der Waals surface area (Å²) in [4.78, 5) is 11.8. The molecule has 0 atom stereocenters. The molecule has 2 rings (SSSR count). The van der Waals surface area contributed by atoms with E-state index in [-0.39, 0.29) is 5.97 Å². The lowest BCUT2D eigenvalue weighted by Crippen LogP contribution is -2.51. The highest BCUT2D eigenvalue weighted by Gasteiger charge is 2.48. The van der Waals surface area contributed by atoms with E-state index in [0.29, 0.717) is 18.0 Å². The number of nitrogen functional groups attached to an aromatic ring is 1. The Balaban J connectivity index is 2.09. The van der Waals surface area contributed by atoms with Crippen LogP contribution in [-0.2, 0) is 9.53 Å². The standard InChI is InChI=1S/C13H17NO3/c1-2-16-12(15)13(8-3-9-13)17-11-6-4-10(14)5-7-11/h4-7H,2-3,8-9,14H2,1H3. The SMILES string of the molecule is CCOC(=O)C1(Oc2ccc(N)cc2)CCC1. The summed E-state index contributed by atoms with van der Waals surface area (Å²) in [5, 5.41) is 0. The van der Waals surface area contributed by atoms with Gasteiger partial charge in [-0.25, -0.2) is 4.79 Å². The molecule has 0 spiro atoms. The second-order valence-electron chi connectivity index (χ2n) is 4.24. The summed E-state index contributed by atoms with van der Waals surface area (Å²) >= 11 is 0. The molecule has 17 heavy (non-hydrogen) atoms. The molecule has 4 heteroatoms. The molecule has 1 aliphatic carbocycles. The van der Waals surface area contributed by atoms with Gasteiger partial charge in [0.2, 0.25) is 5.60 Å². The van der Waals surface area contributed by atoms with Crippen molar-refractivity contribution in [3.8, 4) is 5.75 Å². The van der Waals surface area contributed by atoms with Crippen LogP contribution in [0.1, 0.15) is 26.2 Å². The topological polar surface area (TPSA) is 61.5 Å². The first-order valence-electron chi connectivity index (χ1n) is 5.88. The quantitative estimate of drug-likeness (QED) is 0.641. The van der Waals surface area contributed by atoms with Gasteiger partial charge in [-0.15, -0.1) is 0 Å². The van der Waals surface area contributed by atoms with Crippen molar-refractivity contribution in [2.75, 3.05) is 12.3 Å². The molecule has 0 bridgehead atoms. The second kappa shape index (κ2) is 4.65. The average Bonchev–Trinajstić information content (AvgIpc) is 2.26. The lowest BCUT2D eigenvalue weighted by molar-refractivity contribution is -0.169. The molecular formula is C13H17NO3. The van der Waals surface area contributed by atoms with Crippen molar-refractivity contribution in [1.29, 1.82) is 0 Å². The van der Waals surface area contributed by atoms with Crippen LogP contribution >= 0.6 is 0 Å². The molecule has 0 aliphatic heterocycles. The molecular weight excluding hydrogens is 218 g/mol. The van der Waals surface area contributed by atoms with E-state index in [0.717, 1.165) is 19.3 Å². The third kappa shape index (κ3) is 2.35. The number of nitrogens with two attached hydrogens (primary N) is 1. The monoisotopic (exact) mass is 235 g/mol. The van der Waals surface area contributed by atoms with E-state index in [1.165, 1.54) is 0 Å². The van der Waals surface area contributed by atoms with Crippen LogP contribution in [0.3, 0.4) is 0 Å². The van der Waals surface area contributed by atoms with Crippen LogP contribution in [0.25, 0.3) is 0 Å². The zero-order chi connectivity index (χ0) is 12.3. The normalized spacial score (nSPS) is 17.0. The van der Waals surface area contributed by atoms with Crippen LogP contribution in [0.15, 0.2) is 24.3 Å². The van der Waals surface area contributed by atoms with Crippen molar-refractivity contribution in [3.05, 3.63) is 24.3 Å². The van der Waals surface area contributed by atoms with E-state index in [4.69, 9.17) is 15.2 Å². The number of hydrogen-bond acceptors (Lipinski definition) is 4. The Morgan fingerprint density at radius 1 is 1.35 bits per heavy atom. The zero-order valence-electron chi connectivity index (χ0n) is 9.94. The van der Waals surface area contributed by atoms with E-state index in [2.05, 4.69) is 0 Å². The fourth-order valence-electron chi connectivity index (χ4n) is 1.87. The molecule has 0 heterocycles. The summed E-state index contributed by atoms with van der Waals surface area (Å²) in [5.41, 5.74) is 5.50. The van der Waals surface area contributed by atoms with Crippen LogP contribution in [0.2, 0.25) is 0 Å². The Labute approximate surface area is 101 Å². The van der Waals surface area contributed by atoms with Crippen LogP contribution < -0.4 is 10.5 Å². The molecule has 92 valence electrons. The number of carbonyl (C=O) groups excluding carboxylic acids is 1. The molecule has 0 amide bonds. The largest absolute Gasteiger partial charge is 0.476 e. The zero-order valence-corrected chi connectivity index (χ0v) is 9.94. The Hall–Kier alpha value is -1.71. The summed E-state index contributed by atoms with van der Waals surface area (Å²) < 4.78 is 10.8. The minimum atomic E-state index is -0.772. The van der Waals surface area contributed by atoms with E-state index < -0.39 is 5.60 Å². The molecule has 4 nitrogen and oxygen atoms in total. The van der Waals surface area contributed by atoms with Gasteiger partial charge in [-0.3, -0.25) is 0 Å². The van der Waals surface area contributed by atoms with Crippen molar-refractivity contribution < 1.29 is 14.3 Å². The van der Waals surface area contributed by atoms with Gasteiger partial charge in [-0.1, -0.05) is 0 Å². The van der Waals surface area contributed by atoms with E-state index in [9.17, 15) is 4.79 Å². The van der Waals surface area contributed by atoms with Crippen LogP contribution in [-0.4, -0.2) is 18.2 Å². The lowest BCUT2D eigenvalue weighted by Gasteiger charge is -2.39. The fraction of sp³-hybridized carbons (Fsp3) is 0.462. The summed E-state index contributed by atoms with van der Waals surface area (Å²) in [6.45, 7) is 2.18. The molecule has 1 aromatic rings. The van der Waals surface area contributed by atoms with Crippen molar-refractivity contribution in [2.24, 2.45) is 0 Å². The van der Waals surface area contributed by atoms with Gasteiger partial charge in [0.1, 0.15) is 5.75 Å². The maximum atomic E-state index is 11.8. The third-order valence-electron chi connectivity index (χ3n) is 3.00. The van der Waals surface area contributed by atoms with Gasteiger partial charge in [-0.05, 0) is 50.5 Å². The van der Waals surface area contributed by atoms with Gasteiger partial charge in [0, 0.05) is 5.69 Å². The maximum Gasteiger partial charge on any atom is 0.350 e. The van der Waals surface area contributed by atoms with Crippen LogP contribution in [0.4, 0.5) is 5.69 Å². The number of esters is 1. The fourth-order valence-corrected chi connectivity index (χ4v) is 1.87. The smallest absolute Gasteiger partial charge is 0.350 e. The first kappa shape index (κ1) is 11.8. The van der Waals surface area contributed by atoms with Crippen molar-refractivity contribution in [1.82, 2.24) is 0 Å². The summed E-state index contributed by atoms with van der Waals surface area (Å²) in [7, 11) is 0. The van der Waals surface area contributed by atoms with E-state index >= 15 is 0 Å². The third-order valence-corrected chi connectivity index (χ3v) is 3.00. The number of hydrogen-bond donors (Lipinski definition) is 1. The molecule has 0 radical (unpaired) electrons. The highest BCUT2D eigenvalue weighted by atomic mass is 16.6. The van der Waals surface area contributed by atoms with Gasteiger partial charge in [0.05, 0.1) is 6.61 Å². The van der Waals surface area contributed by atoms with Gasteiger partial charge in [0.25, 0.3) is 0 Å². The predicted octanol–water partition coefficient (Wildman–Crippen LogP) is 2.13. The van der Waals surface area contributed by atoms with Crippen molar-refractivity contribution in [2.45, 2.75) is 31.8 Å². The molecule has 0 unspecified atom stereocenters. The highest BCUT2D eigenvalue weighted by molar-refractivity contribution is 5.81. The molecule has 0 saturated heterocycles. The highest BCUT2D eigenvalue weighted by Crippen LogP contribution is 2.37. The molecule has 1 fully saturated rings. The van der Waals surface area contributed by atoms with Gasteiger partial charge in [0.15, 0.2) is 0 Å². The molecule has 1 aromatic carbocycles. The van der Waals surface area contributed by atoms with E-state index in [1.54, 1.807) is 31.2 Å². The summed E-state index contributed by atoms with van der Waals surface area (Å²) in [5.74, 6) is 0.398. The first-order valence-corrected chi connectivity index (χ1v) is 5.88. The predicted molar refractivity (Wildman–Crippen MR) is 64.7 cm³/mol. The molecule has 1 saturated carbocycles. The minimum Gasteiger partial charge on any atom is -0.476 e. The van der Waals surface area contributed by atoms with Crippen molar-refractivity contribution >= 4 is 11.7 Å². The number of ether oxygens (including phenoxy) is 2. The number of rotatable bonds is 4. The Kier molecular flexibility index (Phi) is 3.22. The Bertz CT molecular complexity index is 396. The molecule has 0 aromatic heterocycles. The number of benzene rings is 1. The first-order chi connectivity index (χ1) is 8.16. The lowest BCUT2D eigenvalue weighted by atomic mass is 9.80.